The van der Waals surface area contributed by atoms with Gasteiger partial charge >= 0.3 is 6.03 Å². The molecule has 2 amide bonds. The lowest BCUT2D eigenvalue weighted by Gasteiger charge is -2.32. The van der Waals surface area contributed by atoms with Gasteiger partial charge in [-0.15, -0.1) is 0 Å². The van der Waals surface area contributed by atoms with Crippen molar-refractivity contribution < 1.29 is 14.5 Å². The van der Waals surface area contributed by atoms with Gasteiger partial charge in [0.1, 0.15) is 11.4 Å². The van der Waals surface area contributed by atoms with Crippen molar-refractivity contribution in [2.75, 3.05) is 12.0 Å². The topological polar surface area (TPSA) is 98.7 Å². The molecule has 0 unspecified atom stereocenters. The Labute approximate surface area is 122 Å². The number of amides is 2. The van der Waals surface area contributed by atoms with Gasteiger partial charge in [0.2, 0.25) is 0 Å². The van der Waals surface area contributed by atoms with Gasteiger partial charge < -0.3 is 10.5 Å². The Hall–Kier alpha value is -2.31. The molecule has 1 aliphatic rings. The van der Waals surface area contributed by atoms with Gasteiger partial charge in [-0.25, -0.2) is 4.79 Å². The fourth-order valence-corrected chi connectivity index (χ4v) is 2.81. The third-order valence-electron chi connectivity index (χ3n) is 3.82. The van der Waals surface area contributed by atoms with Crippen LogP contribution in [0.25, 0.3) is 0 Å². The predicted octanol–water partition coefficient (Wildman–Crippen LogP) is 2.82. The second-order valence-electron chi connectivity index (χ2n) is 5.11. The molecule has 1 aromatic carbocycles. The molecule has 7 heteroatoms. The van der Waals surface area contributed by atoms with Crippen LogP contribution in [0.2, 0.25) is 0 Å². The van der Waals surface area contributed by atoms with Gasteiger partial charge in [0.05, 0.1) is 18.1 Å². The molecule has 1 aliphatic carbocycles. The Morgan fingerprint density at radius 3 is 2.57 bits per heavy atom. The number of methoxy groups -OCH3 is 1. The molecule has 2 N–H and O–H groups in total. The SMILES string of the molecule is COc1ccc(N(C(N)=O)C2CCCCC2)c([N+](=O)[O-])c1. The Kier molecular flexibility index (Phi) is 4.62. The minimum absolute atomic E-state index is 0.0802. The molecule has 1 aromatic rings. The summed E-state index contributed by atoms with van der Waals surface area (Å²) in [5, 5.41) is 11.3. The number of nitro groups is 1. The molecule has 21 heavy (non-hydrogen) atoms. The molecule has 0 aromatic heterocycles. The Morgan fingerprint density at radius 2 is 2.05 bits per heavy atom. The van der Waals surface area contributed by atoms with Gasteiger partial charge in [0.15, 0.2) is 0 Å². The van der Waals surface area contributed by atoms with Crippen LogP contribution in [-0.2, 0) is 0 Å². The van der Waals surface area contributed by atoms with Crippen LogP contribution in [-0.4, -0.2) is 24.1 Å². The number of ether oxygens (including phenoxy) is 1. The maximum atomic E-state index is 11.8. The summed E-state index contributed by atoms with van der Waals surface area (Å²) < 4.78 is 5.01. The number of carbonyl (C=O) groups excluding carboxylic acids is 1. The summed E-state index contributed by atoms with van der Waals surface area (Å²) in [7, 11) is 1.44. The van der Waals surface area contributed by atoms with Crippen molar-refractivity contribution in [3.63, 3.8) is 0 Å². The summed E-state index contributed by atoms with van der Waals surface area (Å²) in [5.74, 6) is 0.374. The van der Waals surface area contributed by atoms with Gasteiger partial charge in [0, 0.05) is 6.04 Å². The van der Waals surface area contributed by atoms with Crippen molar-refractivity contribution in [2.24, 2.45) is 5.73 Å². The highest BCUT2D eigenvalue weighted by Gasteiger charge is 2.30. The van der Waals surface area contributed by atoms with Gasteiger partial charge in [-0.1, -0.05) is 19.3 Å². The number of hydrogen-bond donors (Lipinski definition) is 1. The zero-order valence-electron chi connectivity index (χ0n) is 11.9. The molecule has 0 radical (unpaired) electrons. The molecule has 7 nitrogen and oxygen atoms in total. The maximum Gasteiger partial charge on any atom is 0.319 e. The molecule has 0 heterocycles. The first-order valence-electron chi connectivity index (χ1n) is 6.95. The number of primary amides is 1. The number of hydrogen-bond acceptors (Lipinski definition) is 4. The highest BCUT2D eigenvalue weighted by Crippen LogP contribution is 2.35. The second kappa shape index (κ2) is 6.43. The molecule has 1 fully saturated rings. The number of rotatable bonds is 4. The molecule has 0 spiro atoms. The van der Waals surface area contributed by atoms with Crippen molar-refractivity contribution in [1.82, 2.24) is 0 Å². The lowest BCUT2D eigenvalue weighted by molar-refractivity contribution is -0.384. The van der Waals surface area contributed by atoms with E-state index < -0.39 is 11.0 Å². The molecule has 114 valence electrons. The van der Waals surface area contributed by atoms with Crippen LogP contribution in [0.5, 0.6) is 5.75 Å². The number of benzene rings is 1. The summed E-state index contributed by atoms with van der Waals surface area (Å²) in [6, 6.07) is 3.70. The smallest absolute Gasteiger partial charge is 0.319 e. The normalized spacial score (nSPS) is 15.5. The van der Waals surface area contributed by atoms with E-state index in [4.69, 9.17) is 10.5 Å². The number of urea groups is 1. The van der Waals surface area contributed by atoms with Crippen molar-refractivity contribution in [1.29, 1.82) is 0 Å². The average Bonchev–Trinajstić information content (AvgIpc) is 2.48. The fourth-order valence-electron chi connectivity index (χ4n) is 2.81. The molecule has 2 rings (SSSR count). The standard InChI is InChI=1S/C14H19N3O4/c1-21-11-7-8-12(13(9-11)17(19)20)16(14(15)18)10-5-3-2-4-6-10/h7-10H,2-6H2,1H3,(H2,15,18). The monoisotopic (exact) mass is 293 g/mol. The van der Waals surface area contributed by atoms with E-state index in [0.29, 0.717) is 5.75 Å². The van der Waals surface area contributed by atoms with Gasteiger partial charge in [-0.05, 0) is 25.0 Å². The van der Waals surface area contributed by atoms with E-state index >= 15 is 0 Å². The maximum absolute atomic E-state index is 11.8. The summed E-state index contributed by atoms with van der Waals surface area (Å²) in [6.45, 7) is 0. The number of nitrogens with two attached hydrogens (primary N) is 1. The minimum Gasteiger partial charge on any atom is -0.496 e. The van der Waals surface area contributed by atoms with Crippen LogP contribution in [0.15, 0.2) is 18.2 Å². The minimum atomic E-state index is -0.657. The zero-order chi connectivity index (χ0) is 15.4. The highest BCUT2D eigenvalue weighted by molar-refractivity contribution is 5.94. The number of nitrogens with zero attached hydrogens (tertiary/aromatic N) is 2. The third kappa shape index (κ3) is 3.24. The Bertz CT molecular complexity index is 541. The lowest BCUT2D eigenvalue weighted by Crippen LogP contribution is -2.45. The fraction of sp³-hybridized carbons (Fsp3) is 0.500. The van der Waals surface area contributed by atoms with E-state index in [2.05, 4.69) is 0 Å². The molecule has 0 bridgehead atoms. The molecule has 0 saturated heterocycles. The lowest BCUT2D eigenvalue weighted by atomic mass is 9.94. The van der Waals surface area contributed by atoms with Gasteiger partial charge in [0.25, 0.3) is 5.69 Å². The van der Waals surface area contributed by atoms with Crippen molar-refractivity contribution >= 4 is 17.4 Å². The predicted molar refractivity (Wildman–Crippen MR) is 78.6 cm³/mol. The third-order valence-corrected chi connectivity index (χ3v) is 3.82. The van der Waals surface area contributed by atoms with Crippen molar-refractivity contribution in [3.05, 3.63) is 28.3 Å². The molecule has 1 saturated carbocycles. The number of anilines is 1. The van der Waals surface area contributed by atoms with Crippen molar-refractivity contribution in [2.45, 2.75) is 38.1 Å². The van der Waals surface area contributed by atoms with Crippen LogP contribution in [0, 0.1) is 10.1 Å². The summed E-state index contributed by atoms with van der Waals surface area (Å²) in [6.07, 6.45) is 4.74. The molecule has 0 atom stereocenters. The summed E-state index contributed by atoms with van der Waals surface area (Å²) in [4.78, 5) is 23.9. The van der Waals surface area contributed by atoms with Gasteiger partial charge in [-0.3, -0.25) is 15.0 Å². The number of nitro benzene ring substituents is 1. The van der Waals surface area contributed by atoms with E-state index in [1.54, 1.807) is 6.07 Å². The summed E-state index contributed by atoms with van der Waals surface area (Å²) in [5.41, 5.74) is 5.54. The van der Waals surface area contributed by atoms with Crippen LogP contribution >= 0.6 is 0 Å². The first-order valence-corrected chi connectivity index (χ1v) is 6.95. The van der Waals surface area contributed by atoms with E-state index in [9.17, 15) is 14.9 Å². The first kappa shape index (κ1) is 15.1. The van der Waals surface area contributed by atoms with Crippen LogP contribution < -0.4 is 15.4 Å². The van der Waals surface area contributed by atoms with E-state index in [1.165, 1.54) is 24.1 Å². The quantitative estimate of drug-likeness (QED) is 0.681. The highest BCUT2D eigenvalue weighted by atomic mass is 16.6. The Morgan fingerprint density at radius 1 is 1.38 bits per heavy atom. The molecule has 0 aliphatic heterocycles. The average molecular weight is 293 g/mol. The van der Waals surface area contributed by atoms with Gasteiger partial charge in [-0.2, -0.15) is 0 Å². The van der Waals surface area contributed by atoms with E-state index in [0.717, 1.165) is 32.1 Å². The van der Waals surface area contributed by atoms with E-state index in [-0.39, 0.29) is 17.4 Å². The Balaban J connectivity index is 2.44. The number of carbonyl (C=O) groups is 1. The molecular weight excluding hydrogens is 274 g/mol. The first-order chi connectivity index (χ1) is 10.0. The summed E-state index contributed by atoms with van der Waals surface area (Å²) >= 11 is 0. The van der Waals surface area contributed by atoms with Crippen molar-refractivity contribution in [3.8, 4) is 5.75 Å². The van der Waals surface area contributed by atoms with Crippen LogP contribution in [0.4, 0.5) is 16.2 Å². The largest absolute Gasteiger partial charge is 0.496 e. The van der Waals surface area contributed by atoms with E-state index in [1.807, 2.05) is 0 Å². The second-order valence-corrected chi connectivity index (χ2v) is 5.11. The van der Waals surface area contributed by atoms with Crippen LogP contribution in [0.1, 0.15) is 32.1 Å². The zero-order valence-corrected chi connectivity index (χ0v) is 11.9. The molecular formula is C14H19N3O4. The van der Waals surface area contributed by atoms with Crippen LogP contribution in [0.3, 0.4) is 0 Å².